The monoisotopic (exact) mass is 335 g/mol. The van der Waals surface area contributed by atoms with Gasteiger partial charge in [-0.15, -0.1) is 0 Å². The Labute approximate surface area is 119 Å². The van der Waals surface area contributed by atoms with Crippen molar-refractivity contribution in [1.29, 1.82) is 0 Å². The van der Waals surface area contributed by atoms with Crippen LogP contribution in [0, 0.1) is 0 Å². The summed E-state index contributed by atoms with van der Waals surface area (Å²) in [5.74, 6) is -0.671. The lowest BCUT2D eigenvalue weighted by molar-refractivity contribution is -0.125. The van der Waals surface area contributed by atoms with Crippen molar-refractivity contribution >= 4 is 39.7 Å². The summed E-state index contributed by atoms with van der Waals surface area (Å²) in [7, 11) is 0. The molecular weight excluding hydrogens is 318 g/mol. The Balaban J connectivity index is 0.000000388. The highest BCUT2D eigenvalue weighted by Crippen LogP contribution is 2.26. The molecule has 1 rings (SSSR count). The number of urea groups is 1. The maximum Gasteiger partial charge on any atom is 0.318 e. The second kappa shape index (κ2) is 7.88. The van der Waals surface area contributed by atoms with E-state index in [9.17, 15) is 19.2 Å². The van der Waals surface area contributed by atoms with E-state index in [1.165, 1.54) is 0 Å². The van der Waals surface area contributed by atoms with Crippen LogP contribution >= 0.6 is 15.9 Å². The summed E-state index contributed by atoms with van der Waals surface area (Å²) in [5, 5.41) is 4.18. The van der Waals surface area contributed by atoms with Gasteiger partial charge < -0.3 is 5.73 Å². The Morgan fingerprint density at radius 2 is 1.68 bits per heavy atom. The standard InChI is InChI=1S/C7H13BrN2O2.C4H5NO2/c1-3-7(8,4-2)5(11)10-6(9)12;6-3-1-2-4(7)5-3/h3-4H2,1-2H3,(H3,9,10,11,12);1-2H2,(H,5,6,7). The van der Waals surface area contributed by atoms with Crippen molar-refractivity contribution < 1.29 is 19.2 Å². The molecule has 0 unspecified atom stereocenters. The SMILES string of the molecule is CCC(Br)(CC)C(=O)NC(N)=O.O=C1CCC(=O)N1. The third kappa shape index (κ3) is 6.32. The summed E-state index contributed by atoms with van der Waals surface area (Å²) in [5.41, 5.74) is 4.81. The Hall–Kier alpha value is -1.44. The second-order valence-corrected chi connectivity index (χ2v) is 5.48. The van der Waals surface area contributed by atoms with Gasteiger partial charge in [-0.3, -0.25) is 25.0 Å². The summed E-state index contributed by atoms with van der Waals surface area (Å²) in [6, 6.07) is -0.814. The van der Waals surface area contributed by atoms with E-state index in [4.69, 9.17) is 5.73 Å². The van der Waals surface area contributed by atoms with Gasteiger partial charge in [-0.05, 0) is 12.8 Å². The highest BCUT2D eigenvalue weighted by Gasteiger charge is 2.32. The third-order valence-corrected chi connectivity index (χ3v) is 4.10. The highest BCUT2D eigenvalue weighted by molar-refractivity contribution is 9.10. The Morgan fingerprint density at radius 1 is 1.26 bits per heavy atom. The molecule has 7 nitrogen and oxygen atoms in total. The minimum atomic E-state index is -0.814. The Bertz CT molecular complexity index is 366. The van der Waals surface area contributed by atoms with Gasteiger partial charge in [0.25, 0.3) is 0 Å². The van der Waals surface area contributed by atoms with Crippen molar-refractivity contribution in [3.05, 3.63) is 0 Å². The van der Waals surface area contributed by atoms with Crippen LogP contribution in [0.4, 0.5) is 4.79 Å². The van der Waals surface area contributed by atoms with Gasteiger partial charge in [0.15, 0.2) is 0 Å². The molecule has 5 amide bonds. The molecule has 0 aromatic carbocycles. The Kier molecular flexibility index (Phi) is 7.28. The molecule has 0 aliphatic carbocycles. The molecule has 0 aromatic rings. The lowest BCUT2D eigenvalue weighted by Gasteiger charge is -2.21. The number of hydrogen-bond acceptors (Lipinski definition) is 4. The molecule has 0 radical (unpaired) electrons. The van der Waals surface area contributed by atoms with E-state index in [1.807, 2.05) is 19.2 Å². The minimum absolute atomic E-state index is 0.148. The van der Waals surface area contributed by atoms with Crippen molar-refractivity contribution in [1.82, 2.24) is 10.6 Å². The van der Waals surface area contributed by atoms with Gasteiger partial charge >= 0.3 is 6.03 Å². The van der Waals surface area contributed by atoms with Gasteiger partial charge in [-0.1, -0.05) is 29.8 Å². The first-order valence-corrected chi connectivity index (χ1v) is 6.67. The van der Waals surface area contributed by atoms with E-state index >= 15 is 0 Å². The largest absolute Gasteiger partial charge is 0.351 e. The number of carbonyl (C=O) groups is 4. The van der Waals surface area contributed by atoms with Gasteiger partial charge in [0.1, 0.15) is 4.32 Å². The smallest absolute Gasteiger partial charge is 0.318 e. The van der Waals surface area contributed by atoms with Gasteiger partial charge in [0.05, 0.1) is 0 Å². The number of carbonyl (C=O) groups excluding carboxylic acids is 4. The first-order valence-electron chi connectivity index (χ1n) is 5.87. The fourth-order valence-corrected chi connectivity index (χ4v) is 1.40. The fourth-order valence-electron chi connectivity index (χ4n) is 1.30. The quantitative estimate of drug-likeness (QED) is 0.515. The predicted molar refractivity (Wildman–Crippen MR) is 72.3 cm³/mol. The van der Waals surface area contributed by atoms with Gasteiger partial charge in [-0.25, -0.2) is 4.79 Å². The Morgan fingerprint density at radius 3 is 1.89 bits per heavy atom. The molecule has 108 valence electrons. The number of halogens is 1. The van der Waals surface area contributed by atoms with Crippen LogP contribution in [-0.4, -0.2) is 28.1 Å². The first-order chi connectivity index (χ1) is 8.75. The number of primary amides is 1. The van der Waals surface area contributed by atoms with Gasteiger partial charge in [0, 0.05) is 12.8 Å². The average molecular weight is 336 g/mol. The third-order valence-electron chi connectivity index (χ3n) is 2.62. The number of amides is 5. The van der Waals surface area contributed by atoms with Crippen LogP contribution in [0.2, 0.25) is 0 Å². The minimum Gasteiger partial charge on any atom is -0.351 e. The van der Waals surface area contributed by atoms with Crippen LogP contribution in [0.5, 0.6) is 0 Å². The maximum absolute atomic E-state index is 11.3. The molecule has 1 heterocycles. The average Bonchev–Trinajstić information content (AvgIpc) is 2.72. The predicted octanol–water partition coefficient (Wildman–Crippen LogP) is 0.558. The normalized spacial score (nSPS) is 14.3. The molecule has 8 heteroatoms. The van der Waals surface area contributed by atoms with Gasteiger partial charge in [-0.2, -0.15) is 0 Å². The number of imide groups is 2. The molecule has 0 aromatic heterocycles. The van der Waals surface area contributed by atoms with Crippen LogP contribution in [0.15, 0.2) is 0 Å². The zero-order valence-electron chi connectivity index (χ0n) is 10.9. The van der Waals surface area contributed by atoms with E-state index in [0.29, 0.717) is 25.7 Å². The number of nitrogens with two attached hydrogens (primary N) is 1. The van der Waals surface area contributed by atoms with E-state index in [2.05, 4.69) is 21.2 Å². The summed E-state index contributed by atoms with van der Waals surface area (Å²) in [6.45, 7) is 3.72. The number of alkyl halides is 1. The lowest BCUT2D eigenvalue weighted by atomic mass is 10.0. The topological polar surface area (TPSA) is 118 Å². The van der Waals surface area contributed by atoms with Crippen molar-refractivity contribution in [2.45, 2.75) is 43.9 Å². The molecule has 1 aliphatic rings. The summed E-state index contributed by atoms with van der Waals surface area (Å²) >= 11 is 3.26. The molecule has 1 aliphatic heterocycles. The van der Waals surface area contributed by atoms with Crippen molar-refractivity contribution in [2.75, 3.05) is 0 Å². The number of hydrogen-bond donors (Lipinski definition) is 3. The van der Waals surface area contributed by atoms with Crippen molar-refractivity contribution in [3.63, 3.8) is 0 Å². The van der Waals surface area contributed by atoms with Crippen LogP contribution in [0.1, 0.15) is 39.5 Å². The first kappa shape index (κ1) is 17.6. The molecule has 19 heavy (non-hydrogen) atoms. The maximum atomic E-state index is 11.3. The molecule has 0 spiro atoms. The zero-order chi connectivity index (χ0) is 15.1. The highest BCUT2D eigenvalue weighted by atomic mass is 79.9. The fraction of sp³-hybridized carbons (Fsp3) is 0.636. The number of nitrogens with one attached hydrogen (secondary N) is 2. The van der Waals surface area contributed by atoms with Crippen molar-refractivity contribution in [2.24, 2.45) is 5.73 Å². The van der Waals surface area contributed by atoms with E-state index in [0.717, 1.165) is 0 Å². The molecule has 0 bridgehead atoms. The van der Waals surface area contributed by atoms with Crippen molar-refractivity contribution in [3.8, 4) is 0 Å². The molecule has 1 fully saturated rings. The van der Waals surface area contributed by atoms with Crippen LogP contribution in [-0.2, 0) is 14.4 Å². The van der Waals surface area contributed by atoms with E-state index < -0.39 is 10.4 Å². The lowest BCUT2D eigenvalue weighted by Crippen LogP contribution is -2.46. The van der Waals surface area contributed by atoms with Crippen LogP contribution in [0.3, 0.4) is 0 Å². The van der Waals surface area contributed by atoms with Crippen LogP contribution in [0.25, 0.3) is 0 Å². The van der Waals surface area contributed by atoms with E-state index in [-0.39, 0.29) is 17.7 Å². The summed E-state index contributed by atoms with van der Waals surface area (Å²) in [4.78, 5) is 41.9. The summed E-state index contributed by atoms with van der Waals surface area (Å²) in [6.07, 6.45) is 1.98. The zero-order valence-corrected chi connectivity index (χ0v) is 12.5. The summed E-state index contributed by atoms with van der Waals surface area (Å²) < 4.78 is -0.665. The molecule has 0 atom stereocenters. The molecule has 1 saturated heterocycles. The van der Waals surface area contributed by atoms with Gasteiger partial charge in [0.2, 0.25) is 17.7 Å². The molecule has 0 saturated carbocycles. The molecule has 4 N–H and O–H groups in total. The second-order valence-electron chi connectivity index (χ2n) is 3.96. The molecular formula is C11H18BrN3O4. The van der Waals surface area contributed by atoms with E-state index in [1.54, 1.807) is 0 Å². The number of rotatable bonds is 3. The van der Waals surface area contributed by atoms with Crippen LogP contribution < -0.4 is 16.4 Å².